The number of anilines is 2. The van der Waals surface area contributed by atoms with E-state index in [1.807, 2.05) is 35.2 Å². The number of nitrogens with one attached hydrogen (secondary N) is 1. The molecule has 0 saturated carbocycles. The number of carbonyl (C=O) groups excluding carboxylic acids is 1. The predicted molar refractivity (Wildman–Crippen MR) is 105 cm³/mol. The molecule has 1 amide bonds. The van der Waals surface area contributed by atoms with E-state index in [1.54, 1.807) is 6.07 Å². The third kappa shape index (κ3) is 4.38. The summed E-state index contributed by atoms with van der Waals surface area (Å²) in [6.45, 7) is 2.40. The zero-order valence-electron chi connectivity index (χ0n) is 15.4. The fourth-order valence-electron chi connectivity index (χ4n) is 3.00. The first-order chi connectivity index (χ1) is 14.1. The first kappa shape index (κ1) is 18.9. The van der Waals surface area contributed by atoms with Crippen LogP contribution in [0.15, 0.2) is 54.6 Å². The molecule has 1 aliphatic rings. The number of morpholine rings is 1. The summed E-state index contributed by atoms with van der Waals surface area (Å²) in [7, 11) is 0. The molecule has 148 valence electrons. The van der Waals surface area contributed by atoms with Gasteiger partial charge in [-0.3, -0.25) is 4.79 Å². The Morgan fingerprint density at radius 2 is 1.76 bits per heavy atom. The summed E-state index contributed by atoms with van der Waals surface area (Å²) in [6, 6.07) is 13.8. The van der Waals surface area contributed by atoms with Gasteiger partial charge in [0.25, 0.3) is 5.91 Å². The normalized spacial score (nSPS) is 13.9. The smallest absolute Gasteiger partial charge is 0.274 e. The lowest BCUT2D eigenvalue weighted by Gasteiger charge is -2.28. The highest BCUT2D eigenvalue weighted by molar-refractivity contribution is 6.03. The van der Waals surface area contributed by atoms with Crippen LogP contribution in [0.25, 0.3) is 11.4 Å². The minimum atomic E-state index is -0.857. The van der Waals surface area contributed by atoms with Gasteiger partial charge < -0.3 is 15.0 Å². The monoisotopic (exact) mass is 396 g/mol. The maximum absolute atomic E-state index is 13.9. The van der Waals surface area contributed by atoms with Crippen molar-refractivity contribution in [3.05, 3.63) is 71.9 Å². The number of amides is 1. The predicted octanol–water partition coefficient (Wildman–Crippen LogP) is 3.51. The van der Waals surface area contributed by atoms with Gasteiger partial charge in [-0.2, -0.15) is 0 Å². The summed E-state index contributed by atoms with van der Waals surface area (Å²) in [5.41, 5.74) is 0.720. The summed E-state index contributed by atoms with van der Waals surface area (Å²) in [5, 5.41) is 2.45. The highest BCUT2D eigenvalue weighted by Crippen LogP contribution is 2.22. The van der Waals surface area contributed by atoms with Crippen LogP contribution < -0.4 is 10.2 Å². The number of halogens is 2. The molecule has 8 heteroatoms. The van der Waals surface area contributed by atoms with E-state index in [0.717, 1.165) is 11.6 Å². The lowest BCUT2D eigenvalue weighted by Crippen LogP contribution is -2.37. The molecule has 0 unspecified atom stereocenters. The van der Waals surface area contributed by atoms with Crippen LogP contribution >= 0.6 is 0 Å². The van der Waals surface area contributed by atoms with E-state index in [-0.39, 0.29) is 11.4 Å². The number of hydrogen-bond acceptors (Lipinski definition) is 5. The Morgan fingerprint density at radius 1 is 1.00 bits per heavy atom. The standard InChI is InChI=1S/C21H18F2N4O2/c22-15-6-7-17(16(23)12-15)25-21(28)18-13-19(27-8-10-29-11-9-27)26-20(24-18)14-4-2-1-3-5-14/h1-7,12-13H,8-11H2,(H,25,28). The molecule has 0 spiro atoms. The number of hydrogen-bond donors (Lipinski definition) is 1. The second-order valence-corrected chi connectivity index (χ2v) is 6.48. The van der Waals surface area contributed by atoms with Crippen LogP contribution in [-0.2, 0) is 4.74 Å². The maximum Gasteiger partial charge on any atom is 0.274 e. The maximum atomic E-state index is 13.9. The van der Waals surface area contributed by atoms with E-state index < -0.39 is 17.5 Å². The minimum Gasteiger partial charge on any atom is -0.378 e. The van der Waals surface area contributed by atoms with Crippen LogP contribution in [0.2, 0.25) is 0 Å². The van der Waals surface area contributed by atoms with E-state index in [9.17, 15) is 13.6 Å². The van der Waals surface area contributed by atoms with Gasteiger partial charge in [-0.1, -0.05) is 30.3 Å². The second kappa shape index (κ2) is 8.32. The van der Waals surface area contributed by atoms with E-state index in [1.165, 1.54) is 6.07 Å². The molecule has 3 aromatic rings. The van der Waals surface area contributed by atoms with Gasteiger partial charge >= 0.3 is 0 Å². The Hall–Kier alpha value is -3.39. The van der Waals surface area contributed by atoms with Gasteiger partial charge in [0.05, 0.1) is 18.9 Å². The summed E-state index contributed by atoms with van der Waals surface area (Å²) in [5.74, 6) is -1.21. The molecule has 1 saturated heterocycles. The molecule has 4 rings (SSSR count). The van der Waals surface area contributed by atoms with Gasteiger partial charge in [-0.05, 0) is 12.1 Å². The number of carbonyl (C=O) groups is 1. The molecular weight excluding hydrogens is 378 g/mol. The SMILES string of the molecule is O=C(Nc1ccc(F)cc1F)c1cc(N2CCOCC2)nc(-c2ccccc2)n1. The molecule has 1 N–H and O–H groups in total. The van der Waals surface area contributed by atoms with E-state index >= 15 is 0 Å². The zero-order chi connectivity index (χ0) is 20.2. The fraction of sp³-hybridized carbons (Fsp3) is 0.190. The van der Waals surface area contributed by atoms with Crippen LogP contribution in [0, 0.1) is 11.6 Å². The molecule has 2 aromatic carbocycles. The zero-order valence-corrected chi connectivity index (χ0v) is 15.4. The molecule has 6 nitrogen and oxygen atoms in total. The van der Waals surface area contributed by atoms with Gasteiger partial charge in [0.2, 0.25) is 0 Å². The molecule has 0 aliphatic carbocycles. The number of aromatic nitrogens is 2. The molecule has 0 bridgehead atoms. The van der Waals surface area contributed by atoms with Gasteiger partial charge in [0.15, 0.2) is 5.82 Å². The summed E-state index contributed by atoms with van der Waals surface area (Å²) in [4.78, 5) is 23.7. The minimum absolute atomic E-state index is 0.0871. The van der Waals surface area contributed by atoms with Crippen LogP contribution in [0.5, 0.6) is 0 Å². The summed E-state index contributed by atoms with van der Waals surface area (Å²) in [6.07, 6.45) is 0. The lowest BCUT2D eigenvalue weighted by molar-refractivity contribution is 0.102. The quantitative estimate of drug-likeness (QED) is 0.731. The van der Waals surface area contributed by atoms with Gasteiger partial charge in [0, 0.05) is 30.8 Å². The highest BCUT2D eigenvalue weighted by Gasteiger charge is 2.19. The third-order valence-electron chi connectivity index (χ3n) is 4.49. The van der Waals surface area contributed by atoms with Crippen molar-refractivity contribution in [2.45, 2.75) is 0 Å². The lowest BCUT2D eigenvalue weighted by atomic mass is 10.2. The number of rotatable bonds is 4. The fourth-order valence-corrected chi connectivity index (χ4v) is 3.00. The topological polar surface area (TPSA) is 67.4 Å². The molecule has 0 radical (unpaired) electrons. The summed E-state index contributed by atoms with van der Waals surface area (Å²) < 4.78 is 32.4. The Morgan fingerprint density at radius 3 is 2.48 bits per heavy atom. The van der Waals surface area contributed by atoms with E-state index in [2.05, 4.69) is 15.3 Å². The molecule has 2 heterocycles. The second-order valence-electron chi connectivity index (χ2n) is 6.48. The van der Waals surface area contributed by atoms with Crippen molar-refractivity contribution in [1.82, 2.24) is 9.97 Å². The van der Waals surface area contributed by atoms with Crippen molar-refractivity contribution in [3.8, 4) is 11.4 Å². The van der Waals surface area contributed by atoms with Crippen molar-refractivity contribution in [2.75, 3.05) is 36.5 Å². The summed E-state index contributed by atoms with van der Waals surface area (Å²) >= 11 is 0. The van der Waals surface area contributed by atoms with Gasteiger partial charge in [-0.25, -0.2) is 18.7 Å². The Labute approximate surface area is 166 Å². The highest BCUT2D eigenvalue weighted by atomic mass is 19.1. The average Bonchev–Trinajstić information content (AvgIpc) is 2.76. The average molecular weight is 396 g/mol. The number of nitrogens with zero attached hydrogens (tertiary/aromatic N) is 3. The molecule has 1 aromatic heterocycles. The Kier molecular flexibility index (Phi) is 5.44. The van der Waals surface area contributed by atoms with Crippen molar-refractivity contribution >= 4 is 17.4 Å². The van der Waals surface area contributed by atoms with Crippen LogP contribution in [0.4, 0.5) is 20.3 Å². The van der Waals surface area contributed by atoms with Crippen molar-refractivity contribution in [1.29, 1.82) is 0 Å². The van der Waals surface area contributed by atoms with E-state index in [0.29, 0.717) is 44.0 Å². The molecule has 1 aliphatic heterocycles. The third-order valence-corrected chi connectivity index (χ3v) is 4.49. The first-order valence-electron chi connectivity index (χ1n) is 9.14. The van der Waals surface area contributed by atoms with Gasteiger partial charge in [0.1, 0.15) is 23.1 Å². The van der Waals surface area contributed by atoms with Gasteiger partial charge in [-0.15, -0.1) is 0 Å². The van der Waals surface area contributed by atoms with Crippen molar-refractivity contribution < 1.29 is 18.3 Å². The molecule has 1 fully saturated rings. The molecule has 0 atom stereocenters. The van der Waals surface area contributed by atoms with Crippen LogP contribution in [-0.4, -0.2) is 42.2 Å². The molecule has 29 heavy (non-hydrogen) atoms. The number of benzene rings is 2. The van der Waals surface area contributed by atoms with Crippen molar-refractivity contribution in [2.24, 2.45) is 0 Å². The van der Waals surface area contributed by atoms with Crippen LogP contribution in [0.1, 0.15) is 10.5 Å². The Balaban J connectivity index is 1.70. The molecular formula is C21H18F2N4O2. The number of ether oxygens (including phenoxy) is 1. The first-order valence-corrected chi connectivity index (χ1v) is 9.14. The van der Waals surface area contributed by atoms with Crippen molar-refractivity contribution in [3.63, 3.8) is 0 Å². The van der Waals surface area contributed by atoms with E-state index in [4.69, 9.17) is 4.74 Å². The van der Waals surface area contributed by atoms with Crippen LogP contribution in [0.3, 0.4) is 0 Å². The largest absolute Gasteiger partial charge is 0.378 e. The Bertz CT molecular complexity index is 1020.